The average molecular weight is 373 g/mol. The highest BCUT2D eigenvalue weighted by Gasteiger charge is 2.25. The van der Waals surface area contributed by atoms with Gasteiger partial charge in [0.1, 0.15) is 12.1 Å². The third-order valence-electron chi connectivity index (χ3n) is 5.28. The van der Waals surface area contributed by atoms with E-state index < -0.39 is 0 Å². The zero-order valence-corrected chi connectivity index (χ0v) is 16.6. The van der Waals surface area contributed by atoms with Crippen LogP contribution >= 0.6 is 0 Å². The van der Waals surface area contributed by atoms with E-state index in [1.165, 1.54) is 10.5 Å². The van der Waals surface area contributed by atoms with Crippen molar-refractivity contribution in [2.45, 2.75) is 40.2 Å². The average Bonchev–Trinajstić information content (AvgIpc) is 2.61. The molecular formula is C21H29N2O4+. The highest BCUT2D eigenvalue weighted by atomic mass is 16.6. The molecular weight excluding hydrogens is 344 g/mol. The maximum atomic E-state index is 12.0. The van der Waals surface area contributed by atoms with Crippen molar-refractivity contribution in [3.63, 3.8) is 0 Å². The molecule has 1 saturated heterocycles. The molecule has 2 heterocycles. The lowest BCUT2D eigenvalue weighted by Gasteiger charge is -2.31. The predicted octanol–water partition coefficient (Wildman–Crippen LogP) is 2.08. The van der Waals surface area contributed by atoms with Crippen LogP contribution in [0.3, 0.4) is 0 Å². The molecule has 6 nitrogen and oxygen atoms in total. The van der Waals surface area contributed by atoms with Crippen molar-refractivity contribution >= 4 is 17.1 Å². The predicted molar refractivity (Wildman–Crippen MR) is 104 cm³/mol. The molecule has 0 bridgehead atoms. The molecule has 1 aromatic carbocycles. The fourth-order valence-corrected chi connectivity index (χ4v) is 3.83. The van der Waals surface area contributed by atoms with E-state index in [2.05, 4.69) is 26.8 Å². The number of carbonyl (C=O) groups excluding carboxylic acids is 1. The molecule has 1 fully saturated rings. The summed E-state index contributed by atoms with van der Waals surface area (Å²) in [5, 5.41) is 1.02. The van der Waals surface area contributed by atoms with Crippen LogP contribution in [0.25, 0.3) is 11.0 Å². The Labute approximate surface area is 159 Å². The molecule has 6 heteroatoms. The smallest absolute Gasteiger partial charge is 0.410 e. The first-order valence-corrected chi connectivity index (χ1v) is 9.71. The monoisotopic (exact) mass is 373 g/mol. The summed E-state index contributed by atoms with van der Waals surface area (Å²) >= 11 is 0. The van der Waals surface area contributed by atoms with Gasteiger partial charge in [0.15, 0.2) is 0 Å². The first kappa shape index (κ1) is 19.4. The van der Waals surface area contributed by atoms with Gasteiger partial charge in [0.05, 0.1) is 32.8 Å². The summed E-state index contributed by atoms with van der Waals surface area (Å²) < 4.78 is 10.5. The molecule has 0 unspecified atom stereocenters. The number of quaternary nitrogens is 1. The van der Waals surface area contributed by atoms with Gasteiger partial charge in [-0.3, -0.25) is 4.90 Å². The number of rotatable bonds is 4. The summed E-state index contributed by atoms with van der Waals surface area (Å²) in [7, 11) is 0. The largest absolute Gasteiger partial charge is 0.450 e. The van der Waals surface area contributed by atoms with Crippen molar-refractivity contribution in [1.82, 2.24) is 4.90 Å². The minimum Gasteiger partial charge on any atom is -0.450 e. The van der Waals surface area contributed by atoms with Crippen LogP contribution in [0.5, 0.6) is 0 Å². The molecule has 1 aliphatic heterocycles. The van der Waals surface area contributed by atoms with Crippen LogP contribution < -0.4 is 10.5 Å². The van der Waals surface area contributed by atoms with Crippen LogP contribution in [0.2, 0.25) is 0 Å². The van der Waals surface area contributed by atoms with E-state index in [-0.39, 0.29) is 11.7 Å². The van der Waals surface area contributed by atoms with Gasteiger partial charge in [-0.2, -0.15) is 0 Å². The van der Waals surface area contributed by atoms with Gasteiger partial charge >= 0.3 is 11.7 Å². The fourth-order valence-electron chi connectivity index (χ4n) is 3.83. The number of ether oxygens (including phenoxy) is 1. The van der Waals surface area contributed by atoms with Crippen molar-refractivity contribution in [3.8, 4) is 0 Å². The standard InChI is InChI=1S/C21H28N2O4/c1-5-26-21(25)23-8-6-22(7-9-23)13-16-11-20(24)27-19-10-15(4)17(14(2)3)12-18(16)19/h10-12,14H,5-9,13H2,1-4H3/p+1. The second-order valence-corrected chi connectivity index (χ2v) is 7.56. The Bertz CT molecular complexity index is 880. The normalized spacial score (nSPS) is 15.5. The van der Waals surface area contributed by atoms with Gasteiger partial charge in [0.2, 0.25) is 0 Å². The number of amides is 1. The molecule has 1 amide bonds. The zero-order chi connectivity index (χ0) is 19.6. The molecule has 0 aliphatic carbocycles. The number of piperazine rings is 1. The minimum atomic E-state index is -0.307. The summed E-state index contributed by atoms with van der Waals surface area (Å²) in [5.74, 6) is 0.412. The summed E-state index contributed by atoms with van der Waals surface area (Å²) in [5.41, 5.74) is 3.79. The SMILES string of the molecule is CCOC(=O)N1CC[NH+](Cc2cc(=O)oc3cc(C)c(C(C)C)cc23)CC1. The fraction of sp³-hybridized carbons (Fsp3) is 0.524. The first-order chi connectivity index (χ1) is 12.9. The number of fused-ring (bicyclic) bond motifs is 1. The number of aryl methyl sites for hydroxylation is 1. The lowest BCUT2D eigenvalue weighted by Crippen LogP contribution is -3.13. The molecule has 1 N–H and O–H groups in total. The number of nitrogens with one attached hydrogen (secondary N) is 1. The maximum Gasteiger partial charge on any atom is 0.410 e. The lowest BCUT2D eigenvalue weighted by molar-refractivity contribution is -0.917. The minimum absolute atomic E-state index is 0.237. The van der Waals surface area contributed by atoms with E-state index >= 15 is 0 Å². The van der Waals surface area contributed by atoms with Gasteiger partial charge in [-0.25, -0.2) is 9.59 Å². The molecule has 0 spiro atoms. The molecule has 2 aromatic rings. The van der Waals surface area contributed by atoms with Crippen LogP contribution in [0.15, 0.2) is 27.4 Å². The summed E-state index contributed by atoms with van der Waals surface area (Å²) in [4.78, 5) is 27.0. The van der Waals surface area contributed by atoms with E-state index in [0.29, 0.717) is 31.2 Å². The zero-order valence-electron chi connectivity index (χ0n) is 16.6. The second-order valence-electron chi connectivity index (χ2n) is 7.56. The molecule has 0 atom stereocenters. The van der Waals surface area contributed by atoms with Crippen LogP contribution in [0.4, 0.5) is 4.79 Å². The van der Waals surface area contributed by atoms with Gasteiger partial charge < -0.3 is 14.1 Å². The molecule has 0 saturated carbocycles. The second kappa shape index (κ2) is 8.13. The topological polar surface area (TPSA) is 64.2 Å². The molecule has 3 rings (SSSR count). The lowest BCUT2D eigenvalue weighted by atomic mass is 9.95. The summed E-state index contributed by atoms with van der Waals surface area (Å²) in [6.07, 6.45) is -0.237. The molecule has 1 aliphatic rings. The third kappa shape index (κ3) is 4.33. The number of hydrogen-bond acceptors (Lipinski definition) is 4. The van der Waals surface area contributed by atoms with Crippen LogP contribution in [-0.2, 0) is 11.3 Å². The third-order valence-corrected chi connectivity index (χ3v) is 5.28. The van der Waals surface area contributed by atoms with Crippen LogP contribution in [0.1, 0.15) is 43.4 Å². The first-order valence-electron chi connectivity index (χ1n) is 9.71. The van der Waals surface area contributed by atoms with Crippen molar-refractivity contribution in [2.24, 2.45) is 0 Å². The van der Waals surface area contributed by atoms with E-state index in [1.807, 2.05) is 13.0 Å². The Morgan fingerprint density at radius 2 is 1.96 bits per heavy atom. The number of carbonyl (C=O) groups is 1. The van der Waals surface area contributed by atoms with E-state index in [4.69, 9.17) is 9.15 Å². The van der Waals surface area contributed by atoms with Gasteiger partial charge in [-0.1, -0.05) is 13.8 Å². The Morgan fingerprint density at radius 1 is 1.26 bits per heavy atom. The Morgan fingerprint density at radius 3 is 2.59 bits per heavy atom. The molecule has 27 heavy (non-hydrogen) atoms. The Hall–Kier alpha value is -2.34. The van der Waals surface area contributed by atoms with Crippen molar-refractivity contribution in [1.29, 1.82) is 0 Å². The van der Waals surface area contributed by atoms with Gasteiger partial charge in [-0.15, -0.1) is 0 Å². The molecule has 0 radical (unpaired) electrons. The Balaban J connectivity index is 1.82. The van der Waals surface area contributed by atoms with Crippen molar-refractivity contribution in [2.75, 3.05) is 32.8 Å². The van der Waals surface area contributed by atoms with Gasteiger partial charge in [0.25, 0.3) is 0 Å². The van der Waals surface area contributed by atoms with Gasteiger partial charge in [0, 0.05) is 17.0 Å². The van der Waals surface area contributed by atoms with Crippen molar-refractivity contribution < 1.29 is 18.8 Å². The summed E-state index contributed by atoms with van der Waals surface area (Å²) in [6.45, 7) is 12.4. The van der Waals surface area contributed by atoms with E-state index in [9.17, 15) is 9.59 Å². The molecule has 146 valence electrons. The van der Waals surface area contributed by atoms with E-state index in [0.717, 1.165) is 36.1 Å². The summed E-state index contributed by atoms with van der Waals surface area (Å²) in [6, 6.07) is 5.76. The van der Waals surface area contributed by atoms with Gasteiger partial charge in [-0.05, 0) is 43.0 Å². The van der Waals surface area contributed by atoms with Crippen molar-refractivity contribution in [3.05, 3.63) is 45.3 Å². The Kier molecular flexibility index (Phi) is 5.85. The molecule has 1 aromatic heterocycles. The number of benzene rings is 1. The van der Waals surface area contributed by atoms with Crippen LogP contribution in [-0.4, -0.2) is 43.8 Å². The number of nitrogens with zero attached hydrogens (tertiary/aromatic N) is 1. The maximum absolute atomic E-state index is 12.0. The van der Waals surface area contributed by atoms with Crippen LogP contribution in [0, 0.1) is 6.92 Å². The number of hydrogen-bond donors (Lipinski definition) is 1. The quantitative estimate of drug-likeness (QED) is 0.834. The highest BCUT2D eigenvalue weighted by molar-refractivity contribution is 5.82. The highest BCUT2D eigenvalue weighted by Crippen LogP contribution is 2.26. The van der Waals surface area contributed by atoms with E-state index in [1.54, 1.807) is 11.0 Å².